The second-order valence-electron chi connectivity index (χ2n) is 5.72. The summed E-state index contributed by atoms with van der Waals surface area (Å²) >= 11 is 0. The number of nitrogens with zero attached hydrogens (tertiary/aromatic N) is 4. The highest BCUT2D eigenvalue weighted by Crippen LogP contribution is 2.24. The number of hydrogen-bond acceptors (Lipinski definition) is 5. The van der Waals surface area contributed by atoms with Gasteiger partial charge in [0, 0.05) is 32.1 Å². The number of hydrogen-bond donors (Lipinski definition) is 1. The predicted molar refractivity (Wildman–Crippen MR) is 86.5 cm³/mol. The number of nitrogens with one attached hydrogen (secondary N) is 1. The molecule has 21 heavy (non-hydrogen) atoms. The summed E-state index contributed by atoms with van der Waals surface area (Å²) in [6.45, 7) is 6.33. The number of aryl methyl sites for hydroxylation is 1. The van der Waals surface area contributed by atoms with Crippen LogP contribution >= 0.6 is 0 Å². The lowest BCUT2D eigenvalue weighted by molar-refractivity contribution is 0.531. The van der Waals surface area contributed by atoms with E-state index in [2.05, 4.69) is 34.1 Å². The molecule has 0 aliphatic rings. The van der Waals surface area contributed by atoms with Crippen LogP contribution in [0.5, 0.6) is 0 Å². The largest absolute Gasteiger partial charge is 0.362 e. The van der Waals surface area contributed by atoms with Gasteiger partial charge in [0.2, 0.25) is 5.95 Å². The Balaban J connectivity index is 2.28. The summed E-state index contributed by atoms with van der Waals surface area (Å²) in [7, 11) is 3.97. The van der Waals surface area contributed by atoms with Gasteiger partial charge in [0.05, 0.1) is 11.7 Å². The van der Waals surface area contributed by atoms with Crippen LogP contribution in [0.25, 0.3) is 0 Å². The SMILES string of the molecule is Cc1cnc(NC(c2ccccn2)C(C)C)nc1N(C)C. The minimum Gasteiger partial charge on any atom is -0.362 e. The first-order valence-corrected chi connectivity index (χ1v) is 7.17. The molecular weight excluding hydrogens is 262 g/mol. The highest BCUT2D eigenvalue weighted by atomic mass is 15.2. The van der Waals surface area contributed by atoms with Crippen molar-refractivity contribution >= 4 is 11.8 Å². The van der Waals surface area contributed by atoms with E-state index in [1.807, 2.05) is 56.5 Å². The van der Waals surface area contributed by atoms with Crippen LogP contribution in [0.1, 0.15) is 31.1 Å². The maximum atomic E-state index is 4.60. The van der Waals surface area contributed by atoms with E-state index >= 15 is 0 Å². The zero-order valence-electron chi connectivity index (χ0n) is 13.3. The van der Waals surface area contributed by atoms with Crippen molar-refractivity contribution in [3.8, 4) is 0 Å². The van der Waals surface area contributed by atoms with Crippen LogP contribution in [0.4, 0.5) is 11.8 Å². The summed E-state index contributed by atoms with van der Waals surface area (Å²) in [5, 5.41) is 3.41. The van der Waals surface area contributed by atoms with E-state index in [0.717, 1.165) is 17.1 Å². The third-order valence-electron chi connectivity index (χ3n) is 3.33. The summed E-state index contributed by atoms with van der Waals surface area (Å²) in [5.41, 5.74) is 2.06. The molecule has 5 nitrogen and oxygen atoms in total. The standard InChI is InChI=1S/C16H23N5/c1-11(2)14(13-8-6-7-9-17-13)19-16-18-10-12(3)15(20-16)21(4)5/h6-11,14H,1-5H3,(H,18,19,20). The Morgan fingerprint density at radius 1 is 1.14 bits per heavy atom. The van der Waals surface area contributed by atoms with Gasteiger partial charge in [-0.1, -0.05) is 19.9 Å². The quantitative estimate of drug-likeness (QED) is 0.915. The number of anilines is 2. The molecular formula is C16H23N5. The maximum absolute atomic E-state index is 4.60. The molecule has 0 aliphatic carbocycles. The average molecular weight is 285 g/mol. The first-order chi connectivity index (χ1) is 9.99. The van der Waals surface area contributed by atoms with Crippen molar-refractivity contribution in [3.63, 3.8) is 0 Å². The Kier molecular flexibility index (Phi) is 4.73. The fraction of sp³-hybridized carbons (Fsp3) is 0.438. The van der Waals surface area contributed by atoms with Crippen molar-refractivity contribution in [2.75, 3.05) is 24.3 Å². The molecule has 0 amide bonds. The predicted octanol–water partition coefficient (Wildman–Crippen LogP) is 3.06. The van der Waals surface area contributed by atoms with Crippen molar-refractivity contribution < 1.29 is 0 Å². The van der Waals surface area contributed by atoms with Gasteiger partial charge in [-0.2, -0.15) is 4.98 Å². The van der Waals surface area contributed by atoms with E-state index in [-0.39, 0.29) is 6.04 Å². The first-order valence-electron chi connectivity index (χ1n) is 7.17. The van der Waals surface area contributed by atoms with Gasteiger partial charge in [0.15, 0.2) is 0 Å². The third-order valence-corrected chi connectivity index (χ3v) is 3.33. The molecule has 0 saturated carbocycles. The second-order valence-corrected chi connectivity index (χ2v) is 5.72. The summed E-state index contributed by atoms with van der Waals surface area (Å²) in [4.78, 5) is 15.4. The summed E-state index contributed by atoms with van der Waals surface area (Å²) in [6.07, 6.45) is 3.66. The van der Waals surface area contributed by atoms with Crippen LogP contribution < -0.4 is 10.2 Å². The van der Waals surface area contributed by atoms with E-state index in [4.69, 9.17) is 0 Å². The fourth-order valence-electron chi connectivity index (χ4n) is 2.24. The average Bonchev–Trinajstić information content (AvgIpc) is 2.46. The van der Waals surface area contributed by atoms with Crippen molar-refractivity contribution in [3.05, 3.63) is 41.9 Å². The van der Waals surface area contributed by atoms with Crippen LogP contribution in [0.2, 0.25) is 0 Å². The van der Waals surface area contributed by atoms with Gasteiger partial charge in [-0.25, -0.2) is 4.98 Å². The molecule has 0 saturated heterocycles. The number of rotatable bonds is 5. The maximum Gasteiger partial charge on any atom is 0.225 e. The molecule has 5 heteroatoms. The Morgan fingerprint density at radius 2 is 1.90 bits per heavy atom. The van der Waals surface area contributed by atoms with Gasteiger partial charge in [-0.3, -0.25) is 4.98 Å². The molecule has 0 aromatic carbocycles. The Bertz CT molecular complexity index is 580. The van der Waals surface area contributed by atoms with Crippen molar-refractivity contribution in [1.82, 2.24) is 15.0 Å². The van der Waals surface area contributed by atoms with Crippen molar-refractivity contribution in [2.24, 2.45) is 5.92 Å². The highest BCUT2D eigenvalue weighted by Gasteiger charge is 2.18. The van der Waals surface area contributed by atoms with Gasteiger partial charge in [-0.15, -0.1) is 0 Å². The van der Waals surface area contributed by atoms with Gasteiger partial charge >= 0.3 is 0 Å². The van der Waals surface area contributed by atoms with Gasteiger partial charge in [0.25, 0.3) is 0 Å². The van der Waals surface area contributed by atoms with Crippen molar-refractivity contribution in [1.29, 1.82) is 0 Å². The van der Waals surface area contributed by atoms with E-state index in [1.54, 1.807) is 0 Å². The Morgan fingerprint density at radius 3 is 2.48 bits per heavy atom. The summed E-state index contributed by atoms with van der Waals surface area (Å²) < 4.78 is 0. The minimum absolute atomic E-state index is 0.0870. The molecule has 2 aromatic rings. The van der Waals surface area contributed by atoms with Gasteiger partial charge < -0.3 is 10.2 Å². The lowest BCUT2D eigenvalue weighted by atomic mass is 10.0. The topological polar surface area (TPSA) is 53.9 Å². The molecule has 2 aromatic heterocycles. The fourth-order valence-corrected chi connectivity index (χ4v) is 2.24. The molecule has 2 rings (SSSR count). The Labute approximate surface area is 126 Å². The van der Waals surface area contributed by atoms with Crippen LogP contribution in [0.3, 0.4) is 0 Å². The molecule has 0 fully saturated rings. The van der Waals surface area contributed by atoms with E-state index in [1.165, 1.54) is 0 Å². The molecule has 112 valence electrons. The molecule has 2 heterocycles. The van der Waals surface area contributed by atoms with Crippen molar-refractivity contribution in [2.45, 2.75) is 26.8 Å². The van der Waals surface area contributed by atoms with Gasteiger partial charge in [0.1, 0.15) is 5.82 Å². The first kappa shape index (κ1) is 15.2. The zero-order chi connectivity index (χ0) is 15.4. The molecule has 1 N–H and O–H groups in total. The lowest BCUT2D eigenvalue weighted by Gasteiger charge is -2.23. The number of aromatic nitrogens is 3. The van der Waals surface area contributed by atoms with E-state index < -0.39 is 0 Å². The molecule has 1 unspecified atom stereocenters. The lowest BCUT2D eigenvalue weighted by Crippen LogP contribution is -2.21. The normalized spacial score (nSPS) is 12.3. The molecule has 0 spiro atoms. The van der Waals surface area contributed by atoms with E-state index in [9.17, 15) is 0 Å². The third kappa shape index (κ3) is 3.68. The van der Waals surface area contributed by atoms with Crippen LogP contribution in [0, 0.1) is 12.8 Å². The van der Waals surface area contributed by atoms with Crippen LogP contribution in [-0.4, -0.2) is 29.0 Å². The molecule has 0 bridgehead atoms. The molecule has 0 radical (unpaired) electrons. The smallest absolute Gasteiger partial charge is 0.225 e. The van der Waals surface area contributed by atoms with Crippen LogP contribution in [-0.2, 0) is 0 Å². The monoisotopic (exact) mass is 285 g/mol. The summed E-state index contributed by atoms with van der Waals surface area (Å²) in [5.74, 6) is 1.94. The highest BCUT2D eigenvalue weighted by molar-refractivity contribution is 5.48. The number of pyridine rings is 1. The van der Waals surface area contributed by atoms with Crippen LogP contribution in [0.15, 0.2) is 30.6 Å². The Hall–Kier alpha value is -2.17. The second kappa shape index (κ2) is 6.52. The molecule has 0 aliphatic heterocycles. The summed E-state index contributed by atoms with van der Waals surface area (Å²) in [6, 6.07) is 6.04. The van der Waals surface area contributed by atoms with Gasteiger partial charge in [-0.05, 0) is 25.0 Å². The minimum atomic E-state index is 0.0870. The zero-order valence-corrected chi connectivity index (χ0v) is 13.3. The molecule has 1 atom stereocenters. The van der Waals surface area contributed by atoms with E-state index in [0.29, 0.717) is 11.9 Å².